The van der Waals surface area contributed by atoms with Crippen molar-refractivity contribution in [2.45, 2.75) is 6.04 Å². The number of phenols is 1. The van der Waals surface area contributed by atoms with E-state index in [4.69, 9.17) is 4.74 Å². The Hall–Kier alpha value is -2.51. The number of nitro groups is 1. The van der Waals surface area contributed by atoms with Crippen LogP contribution in [0, 0.1) is 10.1 Å². The van der Waals surface area contributed by atoms with Gasteiger partial charge in [-0.1, -0.05) is 0 Å². The molecule has 0 saturated carbocycles. The molecule has 1 heterocycles. The Kier molecular flexibility index (Phi) is 2.92. The van der Waals surface area contributed by atoms with E-state index in [1.165, 1.54) is 13.2 Å². The largest absolute Gasteiger partial charge is 0.504 e. The van der Waals surface area contributed by atoms with Crippen molar-refractivity contribution >= 4 is 11.7 Å². The minimum absolute atomic E-state index is 0.000323. The van der Waals surface area contributed by atoms with Crippen molar-refractivity contribution in [1.29, 1.82) is 0 Å². The van der Waals surface area contributed by atoms with Gasteiger partial charge in [-0.3, -0.25) is 10.1 Å². The molecule has 1 aliphatic rings. The number of nitrogens with one attached hydrogen (secondary N) is 2. The van der Waals surface area contributed by atoms with E-state index in [-0.39, 0.29) is 35.3 Å². The molecule has 18 heavy (non-hydrogen) atoms. The van der Waals surface area contributed by atoms with Crippen LogP contribution < -0.4 is 15.4 Å². The molecule has 8 heteroatoms. The number of methoxy groups -OCH3 is 1. The maximum atomic E-state index is 11.0. The Morgan fingerprint density at radius 1 is 1.56 bits per heavy atom. The van der Waals surface area contributed by atoms with E-state index in [9.17, 15) is 20.0 Å². The summed E-state index contributed by atoms with van der Waals surface area (Å²) in [5.41, 5.74) is 0.0419. The average molecular weight is 253 g/mol. The Morgan fingerprint density at radius 3 is 2.78 bits per heavy atom. The summed E-state index contributed by atoms with van der Waals surface area (Å²) in [4.78, 5) is 21.2. The topological polar surface area (TPSA) is 114 Å². The van der Waals surface area contributed by atoms with Gasteiger partial charge in [-0.15, -0.1) is 0 Å². The van der Waals surface area contributed by atoms with Gasteiger partial charge in [0.05, 0.1) is 24.1 Å². The minimum atomic E-state index is -0.588. The number of nitrogens with zero attached hydrogens (tertiary/aromatic N) is 1. The summed E-state index contributed by atoms with van der Waals surface area (Å²) < 4.78 is 4.88. The van der Waals surface area contributed by atoms with Gasteiger partial charge in [0.2, 0.25) is 0 Å². The van der Waals surface area contributed by atoms with Crippen molar-refractivity contribution in [1.82, 2.24) is 10.6 Å². The molecule has 1 saturated heterocycles. The van der Waals surface area contributed by atoms with Gasteiger partial charge in [-0.25, -0.2) is 4.79 Å². The number of non-ortho nitro benzene ring substituents is 1. The predicted molar refractivity (Wildman–Crippen MR) is 60.6 cm³/mol. The maximum Gasteiger partial charge on any atom is 0.315 e. The van der Waals surface area contributed by atoms with Crippen LogP contribution >= 0.6 is 0 Å². The van der Waals surface area contributed by atoms with Crippen LogP contribution in [0.4, 0.5) is 10.5 Å². The van der Waals surface area contributed by atoms with Crippen molar-refractivity contribution in [3.63, 3.8) is 0 Å². The number of carbonyl (C=O) groups is 1. The molecule has 1 aromatic carbocycles. The molecule has 1 aromatic rings. The number of urea groups is 1. The van der Waals surface area contributed by atoms with Crippen LogP contribution in [0.15, 0.2) is 12.1 Å². The Labute approximate surface area is 102 Å². The van der Waals surface area contributed by atoms with Gasteiger partial charge < -0.3 is 20.5 Å². The average Bonchev–Trinajstić information content (AvgIpc) is 2.75. The lowest BCUT2D eigenvalue weighted by atomic mass is 10.0. The van der Waals surface area contributed by atoms with Crippen molar-refractivity contribution < 1.29 is 19.6 Å². The Bertz CT molecular complexity index is 516. The first-order chi connectivity index (χ1) is 8.52. The normalized spacial score (nSPS) is 18.1. The molecule has 96 valence electrons. The van der Waals surface area contributed by atoms with Crippen molar-refractivity contribution in [3.05, 3.63) is 27.8 Å². The molecule has 1 aliphatic heterocycles. The van der Waals surface area contributed by atoms with Gasteiger partial charge >= 0.3 is 6.03 Å². The standard InChI is InChI=1S/C10H11N3O5/c1-18-8-3-5(13(16)17)2-6(9(8)14)7-4-11-10(15)12-7/h2-3,7,14H,4H2,1H3,(H2,11,12,15)/t7-/m1/s1. The van der Waals surface area contributed by atoms with Crippen LogP contribution in [0.3, 0.4) is 0 Å². The quantitative estimate of drug-likeness (QED) is 0.541. The number of benzene rings is 1. The molecule has 0 aromatic heterocycles. The van der Waals surface area contributed by atoms with Gasteiger partial charge in [-0.2, -0.15) is 0 Å². The Balaban J connectivity index is 2.47. The minimum Gasteiger partial charge on any atom is -0.504 e. The van der Waals surface area contributed by atoms with E-state index in [1.54, 1.807) is 0 Å². The fourth-order valence-electron chi connectivity index (χ4n) is 1.78. The molecule has 2 amide bonds. The first-order valence-electron chi connectivity index (χ1n) is 5.12. The number of amides is 2. The van der Waals surface area contributed by atoms with Gasteiger partial charge in [-0.05, 0) is 0 Å². The smallest absolute Gasteiger partial charge is 0.315 e. The highest BCUT2D eigenvalue weighted by atomic mass is 16.6. The van der Waals surface area contributed by atoms with Crippen LogP contribution in [-0.2, 0) is 0 Å². The molecule has 0 unspecified atom stereocenters. The second-order valence-corrected chi connectivity index (χ2v) is 3.75. The molecule has 0 radical (unpaired) electrons. The molecular weight excluding hydrogens is 242 g/mol. The summed E-state index contributed by atoms with van der Waals surface area (Å²) in [6.07, 6.45) is 0. The van der Waals surface area contributed by atoms with Crippen molar-refractivity contribution in [3.8, 4) is 11.5 Å². The number of aromatic hydroxyl groups is 1. The number of hydrogen-bond acceptors (Lipinski definition) is 5. The molecule has 1 atom stereocenters. The van der Waals surface area contributed by atoms with Crippen LogP contribution in [-0.4, -0.2) is 29.7 Å². The van der Waals surface area contributed by atoms with E-state index < -0.39 is 11.0 Å². The molecule has 0 bridgehead atoms. The molecule has 2 rings (SSSR count). The highest BCUT2D eigenvalue weighted by Gasteiger charge is 2.28. The maximum absolute atomic E-state index is 11.0. The SMILES string of the molecule is COc1cc([N+](=O)[O-])cc([C@H]2CNC(=O)N2)c1O. The number of rotatable bonds is 3. The number of phenolic OH excluding ortho intramolecular Hbond substituents is 1. The summed E-state index contributed by atoms with van der Waals surface area (Å²) in [6.45, 7) is 0.247. The van der Waals surface area contributed by atoms with E-state index in [0.717, 1.165) is 6.07 Å². The summed E-state index contributed by atoms with van der Waals surface area (Å²) in [6, 6.07) is 1.44. The number of nitro benzene ring substituents is 1. The van der Waals surface area contributed by atoms with E-state index in [2.05, 4.69) is 10.6 Å². The molecule has 8 nitrogen and oxygen atoms in total. The lowest BCUT2D eigenvalue weighted by Gasteiger charge is -2.13. The molecule has 0 aliphatic carbocycles. The van der Waals surface area contributed by atoms with Gasteiger partial charge in [0, 0.05) is 18.2 Å². The highest BCUT2D eigenvalue weighted by molar-refractivity contribution is 5.77. The van der Waals surface area contributed by atoms with Gasteiger partial charge in [0.1, 0.15) is 0 Å². The molecule has 0 spiro atoms. The summed E-state index contributed by atoms with van der Waals surface area (Å²) in [7, 11) is 1.30. The fraction of sp³-hybridized carbons (Fsp3) is 0.300. The predicted octanol–water partition coefficient (Wildman–Crippen LogP) is 0.663. The lowest BCUT2D eigenvalue weighted by molar-refractivity contribution is -0.385. The fourth-order valence-corrected chi connectivity index (χ4v) is 1.78. The van der Waals surface area contributed by atoms with Crippen LogP contribution in [0.2, 0.25) is 0 Å². The zero-order valence-corrected chi connectivity index (χ0v) is 9.47. The molecule has 3 N–H and O–H groups in total. The second kappa shape index (κ2) is 4.40. The summed E-state index contributed by atoms with van der Waals surface area (Å²) >= 11 is 0. The number of hydrogen-bond donors (Lipinski definition) is 3. The van der Waals surface area contributed by atoms with E-state index in [1.807, 2.05) is 0 Å². The molecular formula is C10H11N3O5. The third-order valence-electron chi connectivity index (χ3n) is 2.67. The van der Waals surface area contributed by atoms with Crippen molar-refractivity contribution in [2.24, 2.45) is 0 Å². The van der Waals surface area contributed by atoms with Crippen molar-refractivity contribution in [2.75, 3.05) is 13.7 Å². The van der Waals surface area contributed by atoms with Crippen LogP contribution in [0.5, 0.6) is 11.5 Å². The van der Waals surface area contributed by atoms with E-state index >= 15 is 0 Å². The second-order valence-electron chi connectivity index (χ2n) is 3.75. The molecule has 1 fully saturated rings. The van der Waals surface area contributed by atoms with Gasteiger partial charge in [0.25, 0.3) is 5.69 Å². The summed E-state index contributed by atoms with van der Waals surface area (Å²) in [5.74, 6) is -0.211. The van der Waals surface area contributed by atoms with E-state index in [0.29, 0.717) is 0 Å². The highest BCUT2D eigenvalue weighted by Crippen LogP contribution is 2.38. The van der Waals surface area contributed by atoms with Crippen LogP contribution in [0.25, 0.3) is 0 Å². The van der Waals surface area contributed by atoms with Gasteiger partial charge in [0.15, 0.2) is 11.5 Å². The summed E-state index contributed by atoms with van der Waals surface area (Å²) in [5, 5.41) is 25.7. The number of carbonyl (C=O) groups excluding carboxylic acids is 1. The first-order valence-corrected chi connectivity index (χ1v) is 5.12. The van der Waals surface area contributed by atoms with Crippen LogP contribution in [0.1, 0.15) is 11.6 Å². The first kappa shape index (κ1) is 12.0. The Morgan fingerprint density at radius 2 is 2.28 bits per heavy atom. The monoisotopic (exact) mass is 253 g/mol. The third-order valence-corrected chi connectivity index (χ3v) is 2.67. The zero-order chi connectivity index (χ0) is 13.3. The zero-order valence-electron chi connectivity index (χ0n) is 9.47. The number of ether oxygens (including phenoxy) is 1. The lowest BCUT2D eigenvalue weighted by Crippen LogP contribution is -2.21. The third kappa shape index (κ3) is 1.99.